The molecule has 0 aromatic heterocycles. The van der Waals surface area contributed by atoms with Crippen molar-refractivity contribution in [2.24, 2.45) is 16.0 Å². The number of benzene rings is 1. The summed E-state index contributed by atoms with van der Waals surface area (Å²) >= 11 is 11.4. The molecule has 0 heterocycles. The van der Waals surface area contributed by atoms with Crippen molar-refractivity contribution in [3.8, 4) is 0 Å². The molecule has 18 heavy (non-hydrogen) atoms. The summed E-state index contributed by atoms with van der Waals surface area (Å²) < 4.78 is 37.3. The average molecular weight is 300 g/mol. The van der Waals surface area contributed by atoms with Gasteiger partial charge < -0.3 is 5.73 Å². The molecule has 0 unspecified atom stereocenters. The summed E-state index contributed by atoms with van der Waals surface area (Å²) in [4.78, 5) is 0. The molecule has 8 heteroatoms. The molecule has 1 aromatic rings. The smallest absolute Gasteiger partial charge is 0.330 e. The van der Waals surface area contributed by atoms with E-state index in [0.29, 0.717) is 19.5 Å². The fraction of sp³-hybridized carbons (Fsp3) is 0.400. The Kier molecular flexibility index (Phi) is 5.37. The van der Waals surface area contributed by atoms with Gasteiger partial charge in [0.25, 0.3) is 0 Å². The Balaban J connectivity index is 2.98. The third kappa shape index (κ3) is 4.12. The van der Waals surface area contributed by atoms with Crippen molar-refractivity contribution in [1.82, 2.24) is 0 Å². The van der Waals surface area contributed by atoms with Gasteiger partial charge in [-0.25, -0.2) is 0 Å². The highest BCUT2D eigenvalue weighted by Gasteiger charge is 2.32. The van der Waals surface area contributed by atoms with Crippen LogP contribution in [0.15, 0.2) is 22.4 Å². The quantitative estimate of drug-likeness (QED) is 0.648. The van der Waals surface area contributed by atoms with E-state index in [1.807, 2.05) is 0 Å². The van der Waals surface area contributed by atoms with Crippen molar-refractivity contribution in [3.63, 3.8) is 0 Å². The zero-order valence-electron chi connectivity index (χ0n) is 9.14. The lowest BCUT2D eigenvalue weighted by molar-refractivity contribution is -0.137. The maximum absolute atomic E-state index is 12.4. The highest BCUT2D eigenvalue weighted by atomic mass is 35.5. The van der Waals surface area contributed by atoms with Gasteiger partial charge in [-0.3, -0.25) is 0 Å². The van der Waals surface area contributed by atoms with Gasteiger partial charge in [0, 0.05) is 0 Å². The summed E-state index contributed by atoms with van der Waals surface area (Å²) in [5.74, 6) is 0. The lowest BCUT2D eigenvalue weighted by atomic mass is 10.2. The van der Waals surface area contributed by atoms with Crippen molar-refractivity contribution in [1.29, 1.82) is 0 Å². The molecule has 2 N–H and O–H groups in total. The summed E-state index contributed by atoms with van der Waals surface area (Å²) in [6.07, 6.45) is -3.87. The Morgan fingerprint density at radius 3 is 2.17 bits per heavy atom. The third-order valence-electron chi connectivity index (χ3n) is 1.98. The van der Waals surface area contributed by atoms with Gasteiger partial charge in [0.15, 0.2) is 0 Å². The first kappa shape index (κ1) is 15.2. The van der Waals surface area contributed by atoms with Gasteiger partial charge >= 0.3 is 6.18 Å². The summed E-state index contributed by atoms with van der Waals surface area (Å²) in [5, 5.41) is 7.07. The minimum Gasteiger partial charge on any atom is -0.330 e. The number of hydrogen-bond donors (Lipinski definition) is 1. The van der Waals surface area contributed by atoms with Crippen LogP contribution in [0, 0.1) is 0 Å². The second kappa shape index (κ2) is 6.36. The Morgan fingerprint density at radius 1 is 1.17 bits per heavy atom. The van der Waals surface area contributed by atoms with Crippen molar-refractivity contribution in [2.75, 3.05) is 13.1 Å². The number of azo groups is 1. The minimum absolute atomic E-state index is 0.0309. The van der Waals surface area contributed by atoms with E-state index in [1.165, 1.54) is 0 Å². The van der Waals surface area contributed by atoms with Gasteiger partial charge in [-0.05, 0) is 25.1 Å². The highest BCUT2D eigenvalue weighted by Crippen LogP contribution is 2.39. The first-order chi connectivity index (χ1) is 8.36. The topological polar surface area (TPSA) is 50.7 Å². The Morgan fingerprint density at radius 2 is 1.72 bits per heavy atom. The number of hydrogen-bond acceptors (Lipinski definition) is 3. The standard InChI is InChI=1S/C10H10Cl2F3N3/c11-7-4-6(10(13,14)15)5-8(12)9(7)18-17-3-1-2-16/h4-5H,1-3,16H2. The van der Waals surface area contributed by atoms with Gasteiger partial charge in [0.1, 0.15) is 5.69 Å². The van der Waals surface area contributed by atoms with Crippen molar-refractivity contribution in [3.05, 3.63) is 27.7 Å². The fourth-order valence-corrected chi connectivity index (χ4v) is 1.67. The van der Waals surface area contributed by atoms with E-state index < -0.39 is 11.7 Å². The number of halogens is 5. The molecule has 0 spiro atoms. The summed E-state index contributed by atoms with van der Waals surface area (Å²) in [7, 11) is 0. The molecule has 1 aromatic carbocycles. The molecule has 0 radical (unpaired) electrons. The predicted octanol–water partition coefficient (Wildman–Crippen LogP) is 4.44. The number of nitrogens with two attached hydrogens (primary N) is 1. The molecule has 3 nitrogen and oxygen atoms in total. The lowest BCUT2D eigenvalue weighted by Crippen LogP contribution is -2.04. The van der Waals surface area contributed by atoms with Crippen LogP contribution >= 0.6 is 23.2 Å². The van der Waals surface area contributed by atoms with Crippen molar-refractivity contribution in [2.45, 2.75) is 12.6 Å². The van der Waals surface area contributed by atoms with Crippen LogP contribution < -0.4 is 5.73 Å². The van der Waals surface area contributed by atoms with Crippen LogP contribution in [-0.2, 0) is 6.18 Å². The second-order valence-corrected chi connectivity index (χ2v) is 4.21. The summed E-state index contributed by atoms with van der Waals surface area (Å²) in [6, 6.07) is 1.54. The first-order valence-electron chi connectivity index (χ1n) is 5.00. The van der Waals surface area contributed by atoms with Gasteiger partial charge in [0.2, 0.25) is 0 Å². The van der Waals surface area contributed by atoms with Crippen LogP contribution in [0.1, 0.15) is 12.0 Å². The monoisotopic (exact) mass is 299 g/mol. The molecule has 1 rings (SSSR count). The van der Waals surface area contributed by atoms with Crippen LogP contribution in [0.2, 0.25) is 10.0 Å². The Bertz CT molecular complexity index is 423. The molecule has 0 bridgehead atoms. The first-order valence-corrected chi connectivity index (χ1v) is 5.75. The summed E-state index contributed by atoms with van der Waals surface area (Å²) in [6.45, 7) is 0.817. The Hall–Kier alpha value is -0.850. The number of alkyl halides is 3. The van der Waals surface area contributed by atoms with Crippen LogP contribution in [0.5, 0.6) is 0 Å². The summed E-state index contributed by atoms with van der Waals surface area (Å²) in [5.41, 5.74) is 4.37. The van der Waals surface area contributed by atoms with E-state index in [1.54, 1.807) is 0 Å². The lowest BCUT2D eigenvalue weighted by Gasteiger charge is -2.09. The molecule has 100 valence electrons. The van der Waals surface area contributed by atoms with E-state index in [-0.39, 0.29) is 15.7 Å². The zero-order valence-corrected chi connectivity index (χ0v) is 10.6. The van der Waals surface area contributed by atoms with Crippen molar-refractivity contribution >= 4 is 28.9 Å². The van der Waals surface area contributed by atoms with Gasteiger partial charge in [0.05, 0.1) is 22.2 Å². The third-order valence-corrected chi connectivity index (χ3v) is 2.55. The molecular formula is C10H10Cl2F3N3. The average Bonchev–Trinajstić information content (AvgIpc) is 2.25. The maximum Gasteiger partial charge on any atom is 0.416 e. The van der Waals surface area contributed by atoms with E-state index in [4.69, 9.17) is 28.9 Å². The second-order valence-electron chi connectivity index (χ2n) is 3.39. The fourth-order valence-electron chi connectivity index (χ4n) is 1.11. The highest BCUT2D eigenvalue weighted by molar-refractivity contribution is 6.38. The van der Waals surface area contributed by atoms with Crippen LogP contribution in [0.25, 0.3) is 0 Å². The molecule has 0 saturated carbocycles. The van der Waals surface area contributed by atoms with Crippen LogP contribution in [0.4, 0.5) is 18.9 Å². The zero-order chi connectivity index (χ0) is 13.8. The molecule has 0 aliphatic rings. The molecule has 0 aliphatic carbocycles. The number of nitrogens with zero attached hydrogens (tertiary/aromatic N) is 2. The van der Waals surface area contributed by atoms with Crippen LogP contribution in [-0.4, -0.2) is 13.1 Å². The molecule has 0 saturated heterocycles. The SMILES string of the molecule is NCCCN=Nc1c(Cl)cc(C(F)(F)F)cc1Cl. The van der Waals surface area contributed by atoms with E-state index in [2.05, 4.69) is 10.2 Å². The Labute approximate surface area is 112 Å². The molecule has 0 atom stereocenters. The van der Waals surface area contributed by atoms with E-state index in [9.17, 15) is 13.2 Å². The largest absolute Gasteiger partial charge is 0.416 e. The van der Waals surface area contributed by atoms with Crippen molar-refractivity contribution < 1.29 is 13.2 Å². The van der Waals surface area contributed by atoms with Gasteiger partial charge in [-0.2, -0.15) is 23.4 Å². The molecule has 0 fully saturated rings. The molecule has 0 amide bonds. The van der Waals surface area contributed by atoms with Gasteiger partial charge in [-0.1, -0.05) is 23.2 Å². The predicted molar refractivity (Wildman–Crippen MR) is 64.5 cm³/mol. The molecular weight excluding hydrogens is 290 g/mol. The number of rotatable bonds is 4. The van der Waals surface area contributed by atoms with E-state index in [0.717, 1.165) is 12.1 Å². The van der Waals surface area contributed by atoms with Crippen LogP contribution in [0.3, 0.4) is 0 Å². The molecule has 0 aliphatic heterocycles. The van der Waals surface area contributed by atoms with E-state index >= 15 is 0 Å². The maximum atomic E-state index is 12.4. The normalized spacial score (nSPS) is 12.3. The minimum atomic E-state index is -4.50. The van der Waals surface area contributed by atoms with Gasteiger partial charge in [-0.15, -0.1) is 0 Å².